The van der Waals surface area contributed by atoms with Crippen LogP contribution in [0.5, 0.6) is 0 Å². The van der Waals surface area contributed by atoms with E-state index in [0.717, 1.165) is 65.1 Å². The predicted octanol–water partition coefficient (Wildman–Crippen LogP) is 0.180. The summed E-state index contributed by atoms with van der Waals surface area (Å²) in [5, 5.41) is 12.6. The van der Waals surface area contributed by atoms with Crippen molar-refractivity contribution < 1.29 is 14.3 Å². The van der Waals surface area contributed by atoms with Crippen molar-refractivity contribution in [3.63, 3.8) is 0 Å². The van der Waals surface area contributed by atoms with Crippen molar-refractivity contribution in [2.24, 2.45) is 0 Å². The highest BCUT2D eigenvalue weighted by Gasteiger charge is 2.29. The van der Waals surface area contributed by atoms with Crippen LogP contribution in [0.3, 0.4) is 0 Å². The second-order valence-electron chi connectivity index (χ2n) is 8.93. The molecule has 5 heterocycles. The number of carbonyl (C=O) groups excluding carboxylic acids is 2. The van der Waals surface area contributed by atoms with Gasteiger partial charge in [0.25, 0.3) is 5.91 Å². The maximum atomic E-state index is 12.0. The average Bonchev–Trinajstić information content (AvgIpc) is 3.47. The molecule has 0 spiro atoms. The highest BCUT2D eigenvalue weighted by Crippen LogP contribution is 2.28. The molecule has 0 aromatic carbocycles. The Bertz CT molecular complexity index is 1110. The number of morpholine rings is 1. The molecule has 0 atom stereocenters. The number of amides is 3. The number of ether oxygens (including phenoxy) is 1. The molecule has 12 heteroatoms. The first-order chi connectivity index (χ1) is 16.1. The highest BCUT2D eigenvalue weighted by molar-refractivity contribution is 6.14. The summed E-state index contributed by atoms with van der Waals surface area (Å²) in [7, 11) is 0. The number of carbonyl (C=O) groups is 2. The maximum absolute atomic E-state index is 12.0. The third kappa shape index (κ3) is 4.11. The van der Waals surface area contributed by atoms with Gasteiger partial charge >= 0.3 is 6.03 Å². The first-order valence-electron chi connectivity index (χ1n) is 11.6. The van der Waals surface area contributed by atoms with Crippen molar-refractivity contribution in [1.29, 1.82) is 0 Å². The summed E-state index contributed by atoms with van der Waals surface area (Å²) in [4.78, 5) is 37.9. The number of aromatic nitrogens is 4. The number of piperidine rings is 1. The monoisotopic (exact) mass is 453 g/mol. The fraction of sp³-hybridized carbons (Fsp3) is 0.571. The number of nitrogens with one attached hydrogen (secondary N) is 3. The Labute approximate surface area is 190 Å². The lowest BCUT2D eigenvalue weighted by Gasteiger charge is -2.40. The van der Waals surface area contributed by atoms with E-state index in [9.17, 15) is 9.59 Å². The number of imide groups is 1. The smallest absolute Gasteiger partial charge is 0.326 e. The zero-order valence-corrected chi connectivity index (χ0v) is 18.3. The fourth-order valence-corrected chi connectivity index (χ4v) is 4.64. The lowest BCUT2D eigenvalue weighted by molar-refractivity contribution is -0.115. The van der Waals surface area contributed by atoms with Crippen molar-refractivity contribution in [3.8, 4) is 0 Å². The summed E-state index contributed by atoms with van der Waals surface area (Å²) in [5.41, 5.74) is 1.42. The minimum atomic E-state index is -0.530. The van der Waals surface area contributed by atoms with E-state index in [2.05, 4.69) is 30.8 Å². The van der Waals surface area contributed by atoms with Gasteiger partial charge in [0.2, 0.25) is 11.9 Å². The van der Waals surface area contributed by atoms with E-state index in [1.165, 1.54) is 0 Å². The van der Waals surface area contributed by atoms with Crippen LogP contribution >= 0.6 is 0 Å². The molecule has 4 aliphatic rings. The Morgan fingerprint density at radius 3 is 2.52 bits per heavy atom. The normalized spacial score (nSPS) is 23.9. The third-order valence-electron chi connectivity index (χ3n) is 6.62. The van der Waals surface area contributed by atoms with Gasteiger partial charge in [-0.2, -0.15) is 19.6 Å². The molecule has 0 unspecified atom stereocenters. The third-order valence-corrected chi connectivity index (χ3v) is 6.62. The van der Waals surface area contributed by atoms with Crippen molar-refractivity contribution >= 4 is 35.6 Å². The van der Waals surface area contributed by atoms with E-state index < -0.39 is 11.9 Å². The van der Waals surface area contributed by atoms with Gasteiger partial charge in [-0.05, 0) is 31.8 Å². The molecule has 6 rings (SSSR count). The quantitative estimate of drug-likeness (QED) is 0.429. The van der Waals surface area contributed by atoms with Crippen LogP contribution in [0.15, 0.2) is 11.9 Å². The molecule has 174 valence electrons. The molecule has 3 saturated heterocycles. The van der Waals surface area contributed by atoms with Gasteiger partial charge < -0.3 is 20.3 Å². The van der Waals surface area contributed by atoms with Gasteiger partial charge in [0.05, 0.1) is 19.4 Å². The van der Waals surface area contributed by atoms with Crippen molar-refractivity contribution in [2.45, 2.75) is 37.8 Å². The summed E-state index contributed by atoms with van der Waals surface area (Å²) >= 11 is 0. The van der Waals surface area contributed by atoms with E-state index in [-0.39, 0.29) is 5.70 Å². The van der Waals surface area contributed by atoms with Gasteiger partial charge in [-0.1, -0.05) is 0 Å². The topological polar surface area (TPSA) is 129 Å². The molecule has 33 heavy (non-hydrogen) atoms. The Hall–Kier alpha value is -3.25. The Balaban J connectivity index is 1.28. The molecule has 3 aliphatic heterocycles. The Kier molecular flexibility index (Phi) is 5.10. The van der Waals surface area contributed by atoms with E-state index in [0.29, 0.717) is 35.2 Å². The van der Waals surface area contributed by atoms with Gasteiger partial charge in [-0.25, -0.2) is 4.79 Å². The maximum Gasteiger partial charge on any atom is 0.326 e. The van der Waals surface area contributed by atoms with Crippen LogP contribution in [0, 0.1) is 0 Å². The van der Waals surface area contributed by atoms with Crippen molar-refractivity contribution in [1.82, 2.24) is 35.1 Å². The molecule has 2 aromatic rings. The summed E-state index contributed by atoms with van der Waals surface area (Å²) in [6, 6.07) is 0.434. The minimum Gasteiger partial charge on any atom is -0.379 e. The van der Waals surface area contributed by atoms with Crippen LogP contribution in [-0.4, -0.2) is 87.9 Å². The molecule has 3 amide bonds. The summed E-state index contributed by atoms with van der Waals surface area (Å²) in [6.07, 6.45) is 7.57. The summed E-state index contributed by atoms with van der Waals surface area (Å²) in [5.74, 6) is 0.846. The zero-order chi connectivity index (χ0) is 22.4. The molecular formula is C21H27N9O3. The second kappa shape index (κ2) is 8.27. The van der Waals surface area contributed by atoms with Crippen LogP contribution in [0.4, 0.5) is 16.7 Å². The van der Waals surface area contributed by atoms with Crippen molar-refractivity contribution in [2.75, 3.05) is 49.6 Å². The molecule has 2 aromatic heterocycles. The fourth-order valence-electron chi connectivity index (χ4n) is 4.64. The van der Waals surface area contributed by atoms with Gasteiger partial charge in [-0.3, -0.25) is 15.0 Å². The number of rotatable bonds is 5. The van der Waals surface area contributed by atoms with Crippen LogP contribution in [0.2, 0.25) is 0 Å². The number of hydrogen-bond acceptors (Lipinski definition) is 9. The van der Waals surface area contributed by atoms with Crippen LogP contribution < -0.4 is 20.9 Å². The average molecular weight is 454 g/mol. The second-order valence-corrected chi connectivity index (χ2v) is 8.93. The first-order valence-corrected chi connectivity index (χ1v) is 11.6. The minimum absolute atomic E-state index is 0.179. The van der Waals surface area contributed by atoms with Gasteiger partial charge in [-0.15, -0.1) is 0 Å². The standard InChI is InChI=1S/C21H27N9O3/c31-18-16(24-21(32)26-18)11-13-12-22-30-17(13)25-19(27-20(30)23-14-1-2-14)29-5-3-15(4-6-29)28-7-9-33-10-8-28/h11-12,14-15H,1-10H2,(H,23,25,27)(H2,24,26,31,32)/b16-11-. The SMILES string of the molecule is O=C1NC(=O)/C(=C/c2cnn3c(NC4CC4)nc(N4CCC(N5CCOCC5)CC4)nc23)N1. The molecule has 3 N–H and O–H groups in total. The zero-order valence-electron chi connectivity index (χ0n) is 18.3. The number of fused-ring (bicyclic) bond motifs is 1. The van der Waals surface area contributed by atoms with E-state index in [1.807, 2.05) is 0 Å². The molecule has 12 nitrogen and oxygen atoms in total. The summed E-state index contributed by atoms with van der Waals surface area (Å²) < 4.78 is 7.17. The molecule has 0 bridgehead atoms. The van der Waals surface area contributed by atoms with E-state index in [1.54, 1.807) is 16.8 Å². The number of urea groups is 1. The van der Waals surface area contributed by atoms with Crippen LogP contribution in [-0.2, 0) is 9.53 Å². The lowest BCUT2D eigenvalue weighted by Crippen LogP contribution is -2.49. The Morgan fingerprint density at radius 2 is 1.82 bits per heavy atom. The molecular weight excluding hydrogens is 426 g/mol. The van der Waals surface area contributed by atoms with Crippen LogP contribution in [0.1, 0.15) is 31.2 Å². The molecule has 0 radical (unpaired) electrons. The molecule has 1 aliphatic carbocycles. The van der Waals surface area contributed by atoms with Gasteiger partial charge in [0.1, 0.15) is 5.70 Å². The van der Waals surface area contributed by atoms with E-state index in [4.69, 9.17) is 14.7 Å². The van der Waals surface area contributed by atoms with Crippen LogP contribution in [0.25, 0.3) is 11.7 Å². The molecule has 1 saturated carbocycles. The molecule has 4 fully saturated rings. The van der Waals surface area contributed by atoms with E-state index >= 15 is 0 Å². The number of nitrogens with zero attached hydrogens (tertiary/aromatic N) is 6. The lowest BCUT2D eigenvalue weighted by atomic mass is 10.0. The largest absolute Gasteiger partial charge is 0.379 e. The Morgan fingerprint density at radius 1 is 1.03 bits per heavy atom. The number of anilines is 2. The van der Waals surface area contributed by atoms with Gasteiger partial charge in [0.15, 0.2) is 5.65 Å². The first kappa shape index (κ1) is 20.4. The van der Waals surface area contributed by atoms with Crippen molar-refractivity contribution in [3.05, 3.63) is 17.5 Å². The summed E-state index contributed by atoms with van der Waals surface area (Å²) in [6.45, 7) is 5.39. The predicted molar refractivity (Wildman–Crippen MR) is 120 cm³/mol. The highest BCUT2D eigenvalue weighted by atomic mass is 16.5. The number of hydrogen-bond donors (Lipinski definition) is 3. The van der Waals surface area contributed by atoms with Gasteiger partial charge in [0, 0.05) is 43.8 Å².